The minimum Gasteiger partial charge on any atom is -0.488 e. The Kier molecular flexibility index (Phi) is 6.19. The lowest BCUT2D eigenvalue weighted by atomic mass is 9.90. The summed E-state index contributed by atoms with van der Waals surface area (Å²) in [5.74, 6) is -0.163. The largest absolute Gasteiger partial charge is 0.488 e. The summed E-state index contributed by atoms with van der Waals surface area (Å²) in [5.41, 5.74) is 3.42. The first kappa shape index (κ1) is 24.3. The van der Waals surface area contributed by atoms with Crippen molar-refractivity contribution in [3.8, 4) is 5.75 Å². The molecular weight excluding hydrogens is 442 g/mol. The standard InChI is InChI=1S/C29H37NO5/c1-18-11-12-22(23-24-26(35-25(18)23)29(24,4)27(32)33)19(2)34-17-21(31)16-30-14-8-13-28(30,3)15-20-9-6-5-7-10-20/h5-7,9-12,19,21,24,26,31H,8,13-17H2,1-4H3,(H,32,33)/t19-,21-,24-,26+,28?,29+/m1/s1. The van der Waals surface area contributed by atoms with Gasteiger partial charge in [0.1, 0.15) is 17.3 Å². The molecule has 5 rings (SSSR count). The second-order valence-corrected chi connectivity index (χ2v) is 11.2. The summed E-state index contributed by atoms with van der Waals surface area (Å²) in [4.78, 5) is 14.3. The Morgan fingerprint density at radius 2 is 1.97 bits per heavy atom. The van der Waals surface area contributed by atoms with Crippen molar-refractivity contribution in [1.29, 1.82) is 0 Å². The second-order valence-electron chi connectivity index (χ2n) is 11.2. The highest BCUT2D eigenvalue weighted by molar-refractivity contribution is 5.84. The number of carbonyl (C=O) groups is 1. The topological polar surface area (TPSA) is 79.2 Å². The van der Waals surface area contributed by atoms with Gasteiger partial charge in [-0.25, -0.2) is 0 Å². The Hall–Kier alpha value is -2.41. The number of carboxylic acids is 1. The maximum atomic E-state index is 11.9. The smallest absolute Gasteiger partial charge is 0.313 e. The number of aryl methyl sites for hydroxylation is 1. The fraction of sp³-hybridized carbons (Fsp3) is 0.552. The fourth-order valence-corrected chi connectivity index (χ4v) is 6.33. The van der Waals surface area contributed by atoms with Gasteiger partial charge in [-0.05, 0) is 70.2 Å². The van der Waals surface area contributed by atoms with Gasteiger partial charge in [-0.3, -0.25) is 9.69 Å². The van der Waals surface area contributed by atoms with E-state index in [1.54, 1.807) is 6.92 Å². The Bertz CT molecular complexity index is 1100. The average Bonchev–Trinajstić information content (AvgIpc) is 3.10. The molecule has 6 atom stereocenters. The fourth-order valence-electron chi connectivity index (χ4n) is 6.33. The summed E-state index contributed by atoms with van der Waals surface area (Å²) in [7, 11) is 0. The van der Waals surface area contributed by atoms with E-state index in [0.717, 1.165) is 48.2 Å². The molecule has 2 aromatic carbocycles. The third kappa shape index (κ3) is 4.15. The van der Waals surface area contributed by atoms with Crippen LogP contribution < -0.4 is 4.74 Å². The molecular formula is C29H37NO5. The van der Waals surface area contributed by atoms with Crippen molar-refractivity contribution in [2.45, 2.75) is 76.7 Å². The van der Waals surface area contributed by atoms with Gasteiger partial charge in [0.05, 0.1) is 18.8 Å². The molecule has 0 radical (unpaired) electrons. The average molecular weight is 480 g/mol. The van der Waals surface area contributed by atoms with Gasteiger partial charge in [-0.15, -0.1) is 0 Å². The SMILES string of the molecule is Cc1ccc([C@@H](C)OC[C@H](O)CN2CCCC2(C)Cc2ccccc2)c2c1O[C@H]1[C@@H]2[C@]1(C)C(=O)O. The molecule has 0 amide bonds. The van der Waals surface area contributed by atoms with E-state index in [0.29, 0.717) is 6.54 Å². The number of carboxylic acid groups (broad SMARTS) is 1. The normalized spacial score (nSPS) is 30.9. The first-order valence-corrected chi connectivity index (χ1v) is 12.8. The first-order chi connectivity index (χ1) is 16.6. The minimum absolute atomic E-state index is 0.0331. The zero-order valence-corrected chi connectivity index (χ0v) is 21.2. The molecule has 0 spiro atoms. The number of hydrogen-bond donors (Lipinski definition) is 2. The molecule has 35 heavy (non-hydrogen) atoms. The van der Waals surface area contributed by atoms with Crippen LogP contribution in [0.15, 0.2) is 42.5 Å². The van der Waals surface area contributed by atoms with Crippen LogP contribution in [0.5, 0.6) is 5.75 Å². The van der Waals surface area contributed by atoms with Gasteiger partial charge in [0.2, 0.25) is 0 Å². The number of β-amino-alcohol motifs (C(OH)–C–C–N with tert-alkyl or cyclic N) is 1. The van der Waals surface area contributed by atoms with Crippen LogP contribution in [0.25, 0.3) is 0 Å². The van der Waals surface area contributed by atoms with Gasteiger partial charge >= 0.3 is 5.97 Å². The highest BCUT2D eigenvalue weighted by Crippen LogP contribution is 2.68. The second kappa shape index (κ2) is 8.91. The highest BCUT2D eigenvalue weighted by Gasteiger charge is 2.74. The molecule has 3 aliphatic rings. The number of aliphatic hydroxyl groups is 1. The maximum Gasteiger partial charge on any atom is 0.313 e. The zero-order valence-electron chi connectivity index (χ0n) is 21.2. The first-order valence-electron chi connectivity index (χ1n) is 12.8. The van der Waals surface area contributed by atoms with Gasteiger partial charge in [-0.2, -0.15) is 0 Å². The van der Waals surface area contributed by atoms with E-state index in [1.807, 2.05) is 32.0 Å². The number of fused-ring (bicyclic) bond motifs is 3. The predicted octanol–water partition coefficient (Wildman–Crippen LogP) is 4.48. The molecule has 0 aromatic heterocycles. The van der Waals surface area contributed by atoms with E-state index in [2.05, 4.69) is 36.1 Å². The molecule has 1 aliphatic carbocycles. The molecule has 188 valence electrons. The van der Waals surface area contributed by atoms with E-state index in [4.69, 9.17) is 9.47 Å². The molecule has 1 saturated carbocycles. The number of ether oxygens (including phenoxy) is 2. The zero-order chi connectivity index (χ0) is 25.0. The maximum absolute atomic E-state index is 11.9. The molecule has 2 aromatic rings. The monoisotopic (exact) mass is 479 g/mol. The summed E-state index contributed by atoms with van der Waals surface area (Å²) in [5, 5.41) is 20.6. The molecule has 2 N–H and O–H groups in total. The van der Waals surface area contributed by atoms with Crippen molar-refractivity contribution in [2.75, 3.05) is 19.7 Å². The lowest BCUT2D eigenvalue weighted by molar-refractivity contribution is -0.144. The van der Waals surface area contributed by atoms with E-state index >= 15 is 0 Å². The van der Waals surface area contributed by atoms with Crippen molar-refractivity contribution < 1.29 is 24.5 Å². The van der Waals surface area contributed by atoms with Crippen molar-refractivity contribution in [2.24, 2.45) is 5.41 Å². The quantitative estimate of drug-likeness (QED) is 0.552. The highest BCUT2D eigenvalue weighted by atomic mass is 16.5. The van der Waals surface area contributed by atoms with E-state index in [9.17, 15) is 15.0 Å². The summed E-state index contributed by atoms with van der Waals surface area (Å²) in [6, 6.07) is 14.6. The van der Waals surface area contributed by atoms with Crippen LogP contribution in [0.2, 0.25) is 0 Å². The number of nitrogens with zero attached hydrogens (tertiary/aromatic N) is 1. The molecule has 6 heteroatoms. The lowest BCUT2D eigenvalue weighted by Crippen LogP contribution is -2.47. The van der Waals surface area contributed by atoms with Gasteiger partial charge < -0.3 is 19.7 Å². The summed E-state index contributed by atoms with van der Waals surface area (Å²) in [6.45, 7) is 9.81. The van der Waals surface area contributed by atoms with Gasteiger partial charge in [0.25, 0.3) is 0 Å². The van der Waals surface area contributed by atoms with Crippen LogP contribution >= 0.6 is 0 Å². The van der Waals surface area contributed by atoms with Crippen molar-refractivity contribution in [3.63, 3.8) is 0 Å². The van der Waals surface area contributed by atoms with Crippen LogP contribution in [0.4, 0.5) is 0 Å². The number of aliphatic hydroxyl groups excluding tert-OH is 1. The number of likely N-dealkylation sites (tertiary alicyclic amines) is 1. The van der Waals surface area contributed by atoms with E-state index in [1.165, 1.54) is 5.56 Å². The summed E-state index contributed by atoms with van der Waals surface area (Å²) >= 11 is 0. The van der Waals surface area contributed by atoms with Gasteiger partial charge in [-0.1, -0.05) is 42.5 Å². The number of hydrogen-bond acceptors (Lipinski definition) is 5. The van der Waals surface area contributed by atoms with E-state index in [-0.39, 0.29) is 30.3 Å². The van der Waals surface area contributed by atoms with Crippen LogP contribution in [0, 0.1) is 12.3 Å². The molecule has 1 unspecified atom stereocenters. The minimum atomic E-state index is -0.881. The Balaban J connectivity index is 1.23. The summed E-state index contributed by atoms with van der Waals surface area (Å²) in [6.07, 6.45) is 2.04. The van der Waals surface area contributed by atoms with Crippen LogP contribution in [0.1, 0.15) is 67.9 Å². The third-order valence-corrected chi connectivity index (χ3v) is 8.62. The Morgan fingerprint density at radius 3 is 2.69 bits per heavy atom. The van der Waals surface area contributed by atoms with Crippen molar-refractivity contribution >= 4 is 5.97 Å². The van der Waals surface area contributed by atoms with Crippen LogP contribution in [-0.4, -0.2) is 58.5 Å². The molecule has 2 fully saturated rings. The number of rotatable bonds is 9. The molecule has 0 bridgehead atoms. The Labute approximate surface area is 207 Å². The molecule has 6 nitrogen and oxygen atoms in total. The third-order valence-electron chi connectivity index (χ3n) is 8.62. The van der Waals surface area contributed by atoms with Gasteiger partial charge in [0, 0.05) is 23.6 Å². The number of benzene rings is 2. The van der Waals surface area contributed by atoms with Crippen molar-refractivity contribution in [1.82, 2.24) is 4.90 Å². The van der Waals surface area contributed by atoms with Crippen LogP contribution in [0.3, 0.4) is 0 Å². The van der Waals surface area contributed by atoms with Crippen LogP contribution in [-0.2, 0) is 16.0 Å². The predicted molar refractivity (Wildman–Crippen MR) is 134 cm³/mol. The molecule has 1 saturated heterocycles. The lowest BCUT2D eigenvalue weighted by Gasteiger charge is -2.37. The molecule has 2 heterocycles. The number of aliphatic carboxylic acids is 1. The van der Waals surface area contributed by atoms with Crippen molar-refractivity contribution in [3.05, 3.63) is 64.7 Å². The molecule has 2 aliphatic heterocycles. The summed E-state index contributed by atoms with van der Waals surface area (Å²) < 4.78 is 12.2. The van der Waals surface area contributed by atoms with E-state index < -0.39 is 17.5 Å². The van der Waals surface area contributed by atoms with Gasteiger partial charge in [0.15, 0.2) is 0 Å². The Morgan fingerprint density at radius 1 is 1.23 bits per heavy atom.